The lowest BCUT2D eigenvalue weighted by Crippen LogP contribution is -2.36. The van der Waals surface area contributed by atoms with Crippen LogP contribution in [-0.2, 0) is 0 Å². The molecular formula is C21H32P2. The van der Waals surface area contributed by atoms with E-state index < -0.39 is 0 Å². The molecule has 3 heterocycles. The summed E-state index contributed by atoms with van der Waals surface area (Å²) in [5, 5.41) is 3.69. The Bertz CT molecular complexity index is 530. The van der Waals surface area contributed by atoms with Crippen molar-refractivity contribution in [1.29, 1.82) is 0 Å². The molecule has 0 aliphatic carbocycles. The maximum atomic E-state index is 2.66. The van der Waals surface area contributed by atoms with Gasteiger partial charge in [-0.1, -0.05) is 67.8 Å². The maximum Gasteiger partial charge on any atom is -0.0109 e. The Hall–Kier alpha value is 0.0800. The lowest BCUT2D eigenvalue weighted by molar-refractivity contribution is 0.319. The number of benzene rings is 1. The summed E-state index contributed by atoms with van der Waals surface area (Å²) in [7, 11) is 0.107. The van der Waals surface area contributed by atoms with Gasteiger partial charge in [-0.15, -0.1) is 0 Å². The lowest BCUT2D eigenvalue weighted by Gasteiger charge is -2.41. The van der Waals surface area contributed by atoms with Crippen LogP contribution in [-0.4, -0.2) is 22.6 Å². The van der Waals surface area contributed by atoms with Crippen molar-refractivity contribution in [1.82, 2.24) is 0 Å². The van der Waals surface area contributed by atoms with E-state index in [2.05, 4.69) is 52.0 Å². The molecule has 2 saturated heterocycles. The summed E-state index contributed by atoms with van der Waals surface area (Å²) < 4.78 is 0. The first-order chi connectivity index (χ1) is 11.1. The van der Waals surface area contributed by atoms with Crippen LogP contribution in [0, 0.1) is 5.41 Å². The minimum Gasteiger partial charge on any atom is -0.0677 e. The smallest absolute Gasteiger partial charge is 0.0109 e. The van der Waals surface area contributed by atoms with E-state index in [1.807, 2.05) is 10.6 Å². The fourth-order valence-electron chi connectivity index (χ4n) is 5.88. The van der Waals surface area contributed by atoms with Crippen molar-refractivity contribution < 1.29 is 0 Å². The molecule has 6 atom stereocenters. The van der Waals surface area contributed by atoms with Gasteiger partial charge in [0.25, 0.3) is 0 Å². The molecule has 0 saturated carbocycles. The number of rotatable bonds is 2. The second-order valence-electron chi connectivity index (χ2n) is 8.44. The molecule has 3 aliphatic rings. The molecule has 23 heavy (non-hydrogen) atoms. The van der Waals surface area contributed by atoms with Gasteiger partial charge in [0.15, 0.2) is 0 Å². The third-order valence-electron chi connectivity index (χ3n) is 7.10. The largest absolute Gasteiger partial charge is 0.0677 e. The molecule has 0 spiro atoms. The average Bonchev–Trinajstić information content (AvgIpc) is 3.17. The van der Waals surface area contributed by atoms with Crippen LogP contribution in [0.3, 0.4) is 0 Å². The molecule has 0 N–H and O–H groups in total. The summed E-state index contributed by atoms with van der Waals surface area (Å²) in [4.78, 5) is 0. The van der Waals surface area contributed by atoms with Gasteiger partial charge in [-0.05, 0) is 77.2 Å². The maximum absolute atomic E-state index is 2.66. The van der Waals surface area contributed by atoms with Crippen molar-refractivity contribution in [3.05, 3.63) is 24.3 Å². The van der Waals surface area contributed by atoms with E-state index >= 15 is 0 Å². The Labute approximate surface area is 145 Å². The predicted octanol–water partition coefficient (Wildman–Crippen LogP) is 5.82. The van der Waals surface area contributed by atoms with E-state index in [1.165, 1.54) is 38.5 Å². The van der Waals surface area contributed by atoms with E-state index in [9.17, 15) is 0 Å². The normalized spacial score (nSPS) is 41.0. The quantitative estimate of drug-likeness (QED) is 0.592. The molecule has 1 aromatic carbocycles. The molecule has 2 unspecified atom stereocenters. The number of hydrogen-bond donors (Lipinski definition) is 0. The lowest BCUT2D eigenvalue weighted by atomic mass is 9.81. The summed E-state index contributed by atoms with van der Waals surface area (Å²) in [6, 6.07) is 9.77. The highest BCUT2D eigenvalue weighted by atomic mass is 31.1. The Kier molecular flexibility index (Phi) is 4.39. The molecule has 2 fully saturated rings. The highest BCUT2D eigenvalue weighted by Crippen LogP contribution is 2.71. The van der Waals surface area contributed by atoms with Crippen molar-refractivity contribution in [3.8, 4) is 0 Å². The van der Waals surface area contributed by atoms with Gasteiger partial charge in [0.2, 0.25) is 0 Å². The van der Waals surface area contributed by atoms with Gasteiger partial charge >= 0.3 is 0 Å². The van der Waals surface area contributed by atoms with E-state index in [-0.39, 0.29) is 15.8 Å². The van der Waals surface area contributed by atoms with E-state index in [0.717, 1.165) is 22.6 Å². The number of fused-ring (bicyclic) bond motifs is 5. The van der Waals surface area contributed by atoms with Gasteiger partial charge in [0.05, 0.1) is 0 Å². The molecule has 0 bridgehead atoms. The summed E-state index contributed by atoms with van der Waals surface area (Å²) in [5.41, 5.74) is 4.51. The monoisotopic (exact) mass is 346 g/mol. The molecule has 0 aromatic heterocycles. The van der Waals surface area contributed by atoms with E-state index in [0.29, 0.717) is 5.41 Å². The van der Waals surface area contributed by atoms with Crippen LogP contribution in [0.4, 0.5) is 0 Å². The SMILES string of the molecule is CC[C@@H]1CC[C@@H]2P1c1ccccc1P1[C@H](CC)CC[C@H]1C2(C)C. The summed E-state index contributed by atoms with van der Waals surface area (Å²) >= 11 is 0. The second-order valence-corrected chi connectivity index (χ2v) is 13.7. The van der Waals surface area contributed by atoms with Crippen LogP contribution in [0.5, 0.6) is 0 Å². The van der Waals surface area contributed by atoms with Crippen LogP contribution in [0.2, 0.25) is 0 Å². The Morgan fingerprint density at radius 1 is 0.826 bits per heavy atom. The van der Waals surface area contributed by atoms with Crippen LogP contribution >= 0.6 is 15.8 Å². The Morgan fingerprint density at radius 3 is 1.65 bits per heavy atom. The zero-order chi connectivity index (χ0) is 16.2. The molecule has 0 nitrogen and oxygen atoms in total. The van der Waals surface area contributed by atoms with Gasteiger partial charge in [-0.2, -0.15) is 0 Å². The topological polar surface area (TPSA) is 0 Å². The molecule has 0 radical (unpaired) electrons. The molecule has 2 heteroatoms. The predicted molar refractivity (Wildman–Crippen MR) is 108 cm³/mol. The van der Waals surface area contributed by atoms with Crippen molar-refractivity contribution in [2.45, 2.75) is 88.9 Å². The van der Waals surface area contributed by atoms with Crippen molar-refractivity contribution in [3.63, 3.8) is 0 Å². The van der Waals surface area contributed by atoms with E-state index in [1.54, 1.807) is 0 Å². The van der Waals surface area contributed by atoms with Crippen LogP contribution in [0.1, 0.15) is 66.2 Å². The van der Waals surface area contributed by atoms with Gasteiger partial charge < -0.3 is 0 Å². The third kappa shape index (κ3) is 2.39. The minimum atomic E-state index is 0.0535. The van der Waals surface area contributed by atoms with Crippen LogP contribution in [0.25, 0.3) is 0 Å². The molecule has 1 aromatic rings. The highest BCUT2D eigenvalue weighted by Gasteiger charge is 2.55. The zero-order valence-electron chi connectivity index (χ0n) is 15.3. The van der Waals surface area contributed by atoms with Gasteiger partial charge in [0.1, 0.15) is 0 Å². The van der Waals surface area contributed by atoms with Gasteiger partial charge in [-0.25, -0.2) is 0 Å². The van der Waals surface area contributed by atoms with Crippen molar-refractivity contribution in [2.24, 2.45) is 5.41 Å². The zero-order valence-corrected chi connectivity index (χ0v) is 17.0. The first-order valence-electron chi connectivity index (χ1n) is 9.75. The Balaban J connectivity index is 1.90. The first kappa shape index (κ1) is 16.5. The second kappa shape index (κ2) is 6.11. The molecule has 0 amide bonds. The number of hydrogen-bond acceptors (Lipinski definition) is 0. The van der Waals surface area contributed by atoms with Crippen molar-refractivity contribution in [2.75, 3.05) is 0 Å². The molecule has 126 valence electrons. The average molecular weight is 346 g/mol. The Morgan fingerprint density at radius 2 is 1.26 bits per heavy atom. The summed E-state index contributed by atoms with van der Waals surface area (Å²) in [5.74, 6) is 0. The fraction of sp³-hybridized carbons (Fsp3) is 0.714. The standard InChI is InChI=1S/C21H32P2/c1-5-15-11-13-19-21(3,4)20-14-12-16(6-2)23(20)18-10-8-7-9-17(18)22(15)19/h7-10,15-16,19-20H,5-6,11-14H2,1-4H3/t15-,16-,19+,20+,22?,23?/m1/s1. The highest BCUT2D eigenvalue weighted by molar-refractivity contribution is 7.74. The van der Waals surface area contributed by atoms with Crippen LogP contribution < -0.4 is 10.6 Å². The molecule has 4 rings (SSSR count). The summed E-state index contributed by atoms with van der Waals surface area (Å²) in [6.07, 6.45) is 8.78. The molecular weight excluding hydrogens is 314 g/mol. The van der Waals surface area contributed by atoms with E-state index in [4.69, 9.17) is 0 Å². The van der Waals surface area contributed by atoms with Crippen LogP contribution in [0.15, 0.2) is 24.3 Å². The minimum absolute atomic E-state index is 0.0535. The fourth-order valence-corrected chi connectivity index (χ4v) is 14.7. The molecule has 3 aliphatic heterocycles. The first-order valence-corrected chi connectivity index (χ1v) is 12.7. The van der Waals surface area contributed by atoms with Crippen molar-refractivity contribution >= 4 is 26.5 Å². The summed E-state index contributed by atoms with van der Waals surface area (Å²) in [6.45, 7) is 10.2. The van der Waals surface area contributed by atoms with Gasteiger partial charge in [-0.3, -0.25) is 0 Å². The third-order valence-corrected chi connectivity index (χ3v) is 15.2. The van der Waals surface area contributed by atoms with Gasteiger partial charge in [0, 0.05) is 0 Å².